The fraction of sp³-hybridized carbons (Fsp3) is 0.778. The van der Waals surface area contributed by atoms with E-state index in [1.807, 2.05) is 0 Å². The molecule has 0 atom stereocenters. The molecule has 2 amide bonds. The predicted octanol–water partition coefficient (Wildman–Crippen LogP) is -0.928. The van der Waals surface area contributed by atoms with Crippen LogP contribution in [0, 0.1) is 0 Å². The number of nitrogens with one attached hydrogen (secondary N) is 1. The molecule has 0 spiro atoms. The summed E-state index contributed by atoms with van der Waals surface area (Å²) in [6, 6.07) is 0.217. The molecule has 80 valence electrons. The van der Waals surface area contributed by atoms with Crippen molar-refractivity contribution in [2.24, 2.45) is 5.73 Å². The first-order valence-corrected chi connectivity index (χ1v) is 4.88. The van der Waals surface area contributed by atoms with Crippen LogP contribution < -0.4 is 11.1 Å². The molecular formula is C9H17N3O2. The molecule has 1 fully saturated rings. The van der Waals surface area contributed by atoms with Crippen molar-refractivity contribution in [1.29, 1.82) is 0 Å². The van der Waals surface area contributed by atoms with Crippen molar-refractivity contribution in [3.8, 4) is 0 Å². The Balaban J connectivity index is 2.31. The highest BCUT2D eigenvalue weighted by Crippen LogP contribution is 2.09. The number of nitrogens with two attached hydrogens (primary N) is 1. The van der Waals surface area contributed by atoms with E-state index in [-0.39, 0.29) is 24.4 Å². The van der Waals surface area contributed by atoms with Gasteiger partial charge >= 0.3 is 0 Å². The average molecular weight is 199 g/mol. The predicted molar refractivity (Wildman–Crippen MR) is 52.5 cm³/mol. The summed E-state index contributed by atoms with van der Waals surface area (Å²) in [5.41, 5.74) is 5.26. The van der Waals surface area contributed by atoms with E-state index < -0.39 is 0 Å². The lowest BCUT2D eigenvalue weighted by Crippen LogP contribution is -2.47. The molecule has 0 aromatic rings. The SMILES string of the molecule is CC(=O)NC1CCN(C(=O)CN)CC1. The summed E-state index contributed by atoms with van der Waals surface area (Å²) in [6.07, 6.45) is 1.65. The summed E-state index contributed by atoms with van der Waals surface area (Å²) in [5.74, 6) is -0.0140. The lowest BCUT2D eigenvalue weighted by molar-refractivity contribution is -0.130. The summed E-state index contributed by atoms with van der Waals surface area (Å²) in [4.78, 5) is 23.7. The fourth-order valence-electron chi connectivity index (χ4n) is 1.69. The van der Waals surface area contributed by atoms with Crippen molar-refractivity contribution in [3.63, 3.8) is 0 Å². The van der Waals surface area contributed by atoms with Gasteiger partial charge in [-0.1, -0.05) is 0 Å². The van der Waals surface area contributed by atoms with Crippen LogP contribution in [0.4, 0.5) is 0 Å². The summed E-state index contributed by atoms with van der Waals surface area (Å²) >= 11 is 0. The molecule has 0 aromatic heterocycles. The molecule has 0 unspecified atom stereocenters. The molecule has 1 heterocycles. The number of amides is 2. The summed E-state index contributed by atoms with van der Waals surface area (Å²) in [7, 11) is 0. The van der Waals surface area contributed by atoms with Gasteiger partial charge < -0.3 is 16.0 Å². The molecule has 0 aromatic carbocycles. The Kier molecular flexibility index (Phi) is 3.88. The van der Waals surface area contributed by atoms with Gasteiger partial charge in [-0.2, -0.15) is 0 Å². The zero-order valence-electron chi connectivity index (χ0n) is 8.45. The molecule has 0 aliphatic carbocycles. The number of carbonyl (C=O) groups is 2. The molecule has 14 heavy (non-hydrogen) atoms. The molecule has 0 saturated carbocycles. The van der Waals surface area contributed by atoms with Crippen LogP contribution in [0.2, 0.25) is 0 Å². The van der Waals surface area contributed by atoms with Gasteiger partial charge in [-0.15, -0.1) is 0 Å². The van der Waals surface area contributed by atoms with Crippen molar-refractivity contribution >= 4 is 11.8 Å². The van der Waals surface area contributed by atoms with Gasteiger partial charge in [0.1, 0.15) is 0 Å². The number of hydrogen-bond donors (Lipinski definition) is 2. The first-order chi connectivity index (χ1) is 6.63. The standard InChI is InChI=1S/C9H17N3O2/c1-7(13)11-8-2-4-12(5-3-8)9(14)6-10/h8H,2-6,10H2,1H3,(H,11,13). The summed E-state index contributed by atoms with van der Waals surface area (Å²) in [5, 5.41) is 2.85. The Hall–Kier alpha value is -1.10. The maximum absolute atomic E-state index is 11.2. The Morgan fingerprint density at radius 2 is 2.00 bits per heavy atom. The molecule has 3 N–H and O–H groups in total. The highest BCUT2D eigenvalue weighted by Gasteiger charge is 2.21. The van der Waals surface area contributed by atoms with E-state index in [4.69, 9.17) is 5.73 Å². The monoisotopic (exact) mass is 199 g/mol. The van der Waals surface area contributed by atoms with Crippen molar-refractivity contribution in [3.05, 3.63) is 0 Å². The van der Waals surface area contributed by atoms with E-state index in [0.29, 0.717) is 13.1 Å². The van der Waals surface area contributed by atoms with Crippen LogP contribution in [0.25, 0.3) is 0 Å². The van der Waals surface area contributed by atoms with Crippen molar-refractivity contribution in [2.45, 2.75) is 25.8 Å². The maximum Gasteiger partial charge on any atom is 0.236 e. The second-order valence-electron chi connectivity index (χ2n) is 3.56. The van der Waals surface area contributed by atoms with Crippen LogP contribution in [-0.2, 0) is 9.59 Å². The zero-order chi connectivity index (χ0) is 10.6. The minimum Gasteiger partial charge on any atom is -0.353 e. The minimum absolute atomic E-state index is 0.00592. The van der Waals surface area contributed by atoms with Gasteiger partial charge in [0.15, 0.2) is 0 Å². The van der Waals surface area contributed by atoms with Crippen LogP contribution in [-0.4, -0.2) is 42.4 Å². The van der Waals surface area contributed by atoms with Crippen molar-refractivity contribution in [2.75, 3.05) is 19.6 Å². The molecule has 5 heteroatoms. The van der Waals surface area contributed by atoms with Crippen molar-refractivity contribution < 1.29 is 9.59 Å². The van der Waals surface area contributed by atoms with E-state index >= 15 is 0 Å². The number of nitrogens with zero attached hydrogens (tertiary/aromatic N) is 1. The highest BCUT2D eigenvalue weighted by atomic mass is 16.2. The van der Waals surface area contributed by atoms with Gasteiger partial charge in [-0.05, 0) is 12.8 Å². The second-order valence-corrected chi connectivity index (χ2v) is 3.56. The maximum atomic E-state index is 11.2. The Bertz CT molecular complexity index is 222. The molecule has 0 bridgehead atoms. The number of hydrogen-bond acceptors (Lipinski definition) is 3. The van der Waals surface area contributed by atoms with Gasteiger partial charge in [0.2, 0.25) is 11.8 Å². The van der Waals surface area contributed by atoms with Gasteiger partial charge in [0.25, 0.3) is 0 Å². The van der Waals surface area contributed by atoms with Gasteiger partial charge in [0.05, 0.1) is 6.54 Å². The van der Waals surface area contributed by atoms with E-state index in [9.17, 15) is 9.59 Å². The number of rotatable bonds is 2. The minimum atomic E-state index is -0.00808. The molecule has 1 saturated heterocycles. The smallest absolute Gasteiger partial charge is 0.236 e. The largest absolute Gasteiger partial charge is 0.353 e. The third-order valence-electron chi connectivity index (χ3n) is 2.43. The quantitative estimate of drug-likeness (QED) is 0.603. The number of likely N-dealkylation sites (tertiary alicyclic amines) is 1. The number of piperidine rings is 1. The first-order valence-electron chi connectivity index (χ1n) is 4.88. The van der Waals surface area contributed by atoms with E-state index in [0.717, 1.165) is 12.8 Å². The Morgan fingerprint density at radius 1 is 1.43 bits per heavy atom. The summed E-state index contributed by atoms with van der Waals surface area (Å²) in [6.45, 7) is 2.98. The van der Waals surface area contributed by atoms with Crippen molar-refractivity contribution in [1.82, 2.24) is 10.2 Å². The fourth-order valence-corrected chi connectivity index (χ4v) is 1.69. The van der Waals surface area contributed by atoms with Gasteiger partial charge in [-0.25, -0.2) is 0 Å². The van der Waals surface area contributed by atoms with Crippen LogP contribution in [0.1, 0.15) is 19.8 Å². The average Bonchev–Trinajstić information content (AvgIpc) is 2.17. The van der Waals surface area contributed by atoms with Crippen LogP contribution in [0.15, 0.2) is 0 Å². The molecule has 0 radical (unpaired) electrons. The van der Waals surface area contributed by atoms with Crippen LogP contribution in [0.5, 0.6) is 0 Å². The number of carbonyl (C=O) groups excluding carboxylic acids is 2. The summed E-state index contributed by atoms with van der Waals surface area (Å²) < 4.78 is 0. The first kappa shape index (κ1) is 11.0. The highest BCUT2D eigenvalue weighted by molar-refractivity contribution is 5.78. The lowest BCUT2D eigenvalue weighted by Gasteiger charge is -2.31. The Labute approximate surface area is 83.6 Å². The molecule has 1 rings (SSSR count). The van der Waals surface area contributed by atoms with Crippen LogP contribution in [0.3, 0.4) is 0 Å². The zero-order valence-corrected chi connectivity index (χ0v) is 8.45. The van der Waals surface area contributed by atoms with E-state index in [1.54, 1.807) is 4.90 Å². The molecule has 1 aliphatic heterocycles. The van der Waals surface area contributed by atoms with E-state index in [1.165, 1.54) is 6.92 Å². The Morgan fingerprint density at radius 3 is 2.43 bits per heavy atom. The normalized spacial score (nSPS) is 18.0. The van der Waals surface area contributed by atoms with Crippen LogP contribution >= 0.6 is 0 Å². The third-order valence-corrected chi connectivity index (χ3v) is 2.43. The van der Waals surface area contributed by atoms with Gasteiger partial charge in [0, 0.05) is 26.1 Å². The molecular weight excluding hydrogens is 182 g/mol. The molecule has 1 aliphatic rings. The molecule has 5 nitrogen and oxygen atoms in total. The van der Waals surface area contributed by atoms with E-state index in [2.05, 4.69) is 5.32 Å². The van der Waals surface area contributed by atoms with Gasteiger partial charge in [-0.3, -0.25) is 9.59 Å². The lowest BCUT2D eigenvalue weighted by atomic mass is 10.1. The second kappa shape index (κ2) is 4.95. The third kappa shape index (κ3) is 2.99. The topological polar surface area (TPSA) is 75.4 Å².